The second-order valence-corrected chi connectivity index (χ2v) is 3.66. The number of aryl methyl sites for hydroxylation is 2. The van der Waals surface area contributed by atoms with Crippen LogP contribution in [0.15, 0.2) is 23.7 Å². The first-order valence-corrected chi connectivity index (χ1v) is 4.49. The lowest BCUT2D eigenvalue weighted by atomic mass is 10.2. The van der Waals surface area contributed by atoms with Crippen molar-refractivity contribution in [2.75, 3.05) is 0 Å². The van der Waals surface area contributed by atoms with E-state index in [1.54, 1.807) is 11.3 Å². The third-order valence-electron chi connectivity index (χ3n) is 2.06. The topological polar surface area (TPSA) is 3.88 Å². The molecule has 12 heavy (non-hydrogen) atoms. The standard InChI is InChI=1S/C9H10NS.HI/c1-7-8-4-6-11-9(8)3-5-10(7)2;/h3-6H,1-2H3;1H/q+1;/p-1. The Hall–Kier alpha value is -0.160. The van der Waals surface area contributed by atoms with Crippen molar-refractivity contribution in [3.63, 3.8) is 0 Å². The summed E-state index contributed by atoms with van der Waals surface area (Å²) in [6.07, 6.45) is 2.11. The van der Waals surface area contributed by atoms with Gasteiger partial charge in [0.05, 0.1) is 5.39 Å². The van der Waals surface area contributed by atoms with Crippen LogP contribution in [0.3, 0.4) is 0 Å². The first-order chi connectivity index (χ1) is 5.29. The van der Waals surface area contributed by atoms with Crippen molar-refractivity contribution < 1.29 is 28.5 Å². The Morgan fingerprint density at radius 1 is 1.33 bits per heavy atom. The maximum Gasteiger partial charge on any atom is 0.186 e. The Labute approximate surface area is 93.1 Å². The van der Waals surface area contributed by atoms with Crippen LogP contribution in [0.25, 0.3) is 10.1 Å². The van der Waals surface area contributed by atoms with E-state index in [2.05, 4.69) is 42.2 Å². The molecule has 0 amide bonds. The molecule has 1 nitrogen and oxygen atoms in total. The summed E-state index contributed by atoms with van der Waals surface area (Å²) in [5, 5.41) is 3.51. The van der Waals surface area contributed by atoms with Gasteiger partial charge >= 0.3 is 0 Å². The zero-order valence-electron chi connectivity index (χ0n) is 7.04. The SMILES string of the molecule is Cc1c2ccsc2cc[n+]1C.[I-]. The lowest BCUT2D eigenvalue weighted by Gasteiger charge is -1.93. The van der Waals surface area contributed by atoms with Gasteiger partial charge in [-0.2, -0.15) is 0 Å². The molecule has 0 aliphatic heterocycles. The first kappa shape index (κ1) is 9.92. The molecule has 2 aromatic heterocycles. The number of nitrogens with zero attached hydrogens (tertiary/aromatic N) is 1. The van der Waals surface area contributed by atoms with Crippen LogP contribution in [-0.2, 0) is 7.05 Å². The minimum absolute atomic E-state index is 0. The van der Waals surface area contributed by atoms with Gasteiger partial charge in [0.2, 0.25) is 0 Å². The molecular formula is C9H10INS. The fraction of sp³-hybridized carbons (Fsp3) is 0.222. The van der Waals surface area contributed by atoms with Crippen LogP contribution in [0.4, 0.5) is 0 Å². The number of fused-ring (bicyclic) bond motifs is 1. The summed E-state index contributed by atoms with van der Waals surface area (Å²) in [4.78, 5) is 0. The molecule has 0 N–H and O–H groups in total. The molecule has 0 aromatic carbocycles. The summed E-state index contributed by atoms with van der Waals surface area (Å²) in [5.74, 6) is 0. The average Bonchev–Trinajstić information content (AvgIpc) is 2.45. The highest BCUT2D eigenvalue weighted by atomic mass is 127. The van der Waals surface area contributed by atoms with E-state index < -0.39 is 0 Å². The quantitative estimate of drug-likeness (QED) is 0.435. The molecule has 2 aromatic rings. The van der Waals surface area contributed by atoms with Gasteiger partial charge in [0.15, 0.2) is 11.9 Å². The summed E-state index contributed by atoms with van der Waals surface area (Å²) >= 11 is 1.80. The van der Waals surface area contributed by atoms with Gasteiger partial charge in [0.25, 0.3) is 0 Å². The van der Waals surface area contributed by atoms with Crippen LogP contribution in [0.2, 0.25) is 0 Å². The molecule has 2 rings (SSSR count). The first-order valence-electron chi connectivity index (χ1n) is 3.61. The zero-order valence-corrected chi connectivity index (χ0v) is 10.0. The van der Waals surface area contributed by atoms with Crippen molar-refractivity contribution in [2.24, 2.45) is 7.05 Å². The van der Waals surface area contributed by atoms with Crippen LogP contribution in [-0.4, -0.2) is 0 Å². The van der Waals surface area contributed by atoms with E-state index in [1.807, 2.05) is 0 Å². The smallest absolute Gasteiger partial charge is 0.186 e. The van der Waals surface area contributed by atoms with Crippen LogP contribution >= 0.6 is 11.3 Å². The number of aromatic nitrogens is 1. The Kier molecular flexibility index (Phi) is 3.06. The zero-order chi connectivity index (χ0) is 7.84. The second kappa shape index (κ2) is 3.70. The number of rotatable bonds is 0. The predicted molar refractivity (Wildman–Crippen MR) is 47.7 cm³/mol. The third-order valence-corrected chi connectivity index (χ3v) is 2.95. The van der Waals surface area contributed by atoms with E-state index in [0.717, 1.165) is 0 Å². The molecule has 0 spiro atoms. The molecular weight excluding hydrogens is 281 g/mol. The lowest BCUT2D eigenvalue weighted by molar-refractivity contribution is -0.676. The van der Waals surface area contributed by atoms with E-state index in [-0.39, 0.29) is 24.0 Å². The molecule has 0 aliphatic carbocycles. The van der Waals surface area contributed by atoms with Crippen molar-refractivity contribution in [1.29, 1.82) is 0 Å². The van der Waals surface area contributed by atoms with Gasteiger partial charge in [-0.1, -0.05) is 0 Å². The summed E-state index contributed by atoms with van der Waals surface area (Å²) in [5.41, 5.74) is 1.34. The molecule has 0 saturated carbocycles. The summed E-state index contributed by atoms with van der Waals surface area (Å²) in [7, 11) is 2.08. The van der Waals surface area contributed by atoms with Crippen LogP contribution in [0.1, 0.15) is 5.69 Å². The van der Waals surface area contributed by atoms with Crippen LogP contribution in [0.5, 0.6) is 0 Å². The van der Waals surface area contributed by atoms with Crippen LogP contribution in [0, 0.1) is 6.92 Å². The van der Waals surface area contributed by atoms with E-state index in [4.69, 9.17) is 0 Å². The normalized spacial score (nSPS) is 9.83. The number of hydrogen-bond donors (Lipinski definition) is 0. The number of pyridine rings is 1. The molecule has 64 valence electrons. The van der Waals surface area contributed by atoms with E-state index in [0.29, 0.717) is 0 Å². The fourth-order valence-electron chi connectivity index (χ4n) is 1.23. The van der Waals surface area contributed by atoms with Crippen LogP contribution < -0.4 is 28.5 Å². The van der Waals surface area contributed by atoms with Gasteiger partial charge < -0.3 is 24.0 Å². The van der Waals surface area contributed by atoms with Crippen molar-refractivity contribution in [3.05, 3.63) is 29.4 Å². The maximum atomic E-state index is 2.18. The molecule has 3 heteroatoms. The predicted octanol–water partition coefficient (Wildman–Crippen LogP) is -0.962. The van der Waals surface area contributed by atoms with Gasteiger partial charge in [-0.05, 0) is 11.4 Å². The minimum atomic E-state index is 0. The van der Waals surface area contributed by atoms with Gasteiger partial charge in [0.1, 0.15) is 7.05 Å². The van der Waals surface area contributed by atoms with Gasteiger partial charge in [-0.15, -0.1) is 11.3 Å². The minimum Gasteiger partial charge on any atom is -1.00 e. The van der Waals surface area contributed by atoms with Gasteiger partial charge in [0, 0.05) is 17.7 Å². The van der Waals surface area contributed by atoms with E-state index in [1.165, 1.54) is 15.8 Å². The summed E-state index contributed by atoms with van der Waals surface area (Å²) < 4.78 is 3.52. The van der Waals surface area contributed by atoms with Crippen molar-refractivity contribution in [2.45, 2.75) is 6.92 Å². The van der Waals surface area contributed by atoms with Crippen molar-refractivity contribution >= 4 is 21.4 Å². The summed E-state index contributed by atoms with van der Waals surface area (Å²) in [6, 6.07) is 4.34. The second-order valence-electron chi connectivity index (χ2n) is 2.71. The number of thiophene rings is 1. The molecule has 0 fully saturated rings. The van der Waals surface area contributed by atoms with Crippen molar-refractivity contribution in [3.8, 4) is 0 Å². The monoisotopic (exact) mass is 291 g/mol. The third kappa shape index (κ3) is 1.47. The largest absolute Gasteiger partial charge is 1.00 e. The highest BCUT2D eigenvalue weighted by molar-refractivity contribution is 7.17. The Morgan fingerprint density at radius 3 is 2.83 bits per heavy atom. The fourth-order valence-corrected chi connectivity index (χ4v) is 2.06. The molecule has 0 radical (unpaired) electrons. The van der Waals surface area contributed by atoms with E-state index in [9.17, 15) is 0 Å². The molecule has 0 bridgehead atoms. The molecule has 0 unspecified atom stereocenters. The lowest BCUT2D eigenvalue weighted by Crippen LogP contribution is -3.00. The maximum absolute atomic E-state index is 2.18. The van der Waals surface area contributed by atoms with Crippen molar-refractivity contribution in [1.82, 2.24) is 0 Å². The van der Waals surface area contributed by atoms with Gasteiger partial charge in [-0.25, -0.2) is 4.57 Å². The number of halogens is 1. The molecule has 0 saturated heterocycles. The van der Waals surface area contributed by atoms with Gasteiger partial charge in [-0.3, -0.25) is 0 Å². The molecule has 0 aliphatic rings. The average molecular weight is 291 g/mol. The highest BCUT2D eigenvalue weighted by Crippen LogP contribution is 2.20. The highest BCUT2D eigenvalue weighted by Gasteiger charge is 2.05. The molecule has 0 atom stereocenters. The number of hydrogen-bond acceptors (Lipinski definition) is 1. The summed E-state index contributed by atoms with van der Waals surface area (Å²) in [6.45, 7) is 2.15. The Balaban J connectivity index is 0.000000720. The Morgan fingerprint density at radius 2 is 2.08 bits per heavy atom. The molecule has 2 heterocycles. The van der Waals surface area contributed by atoms with E-state index >= 15 is 0 Å². The Bertz CT molecular complexity index is 394.